The Bertz CT molecular complexity index is 898. The standard InChI is InChI=1S/C57H113NO5/c1-3-5-7-9-11-13-15-17-19-20-21-22-27-31-35-39-43-47-51-57(62)63-52-48-44-40-36-32-28-24-23-26-30-34-38-42-46-50-56(61)58-54(53-59)55(60)49-45-41-37-33-29-25-18-16-14-12-10-8-6-4-2/h54-55,59-60H,3-53H2,1-2H3,(H,58,61). The first-order valence-corrected chi connectivity index (χ1v) is 28.8. The highest BCUT2D eigenvalue weighted by molar-refractivity contribution is 5.76. The number of aliphatic hydroxyl groups is 2. The number of amides is 1. The van der Waals surface area contributed by atoms with Crippen LogP contribution in [0.2, 0.25) is 0 Å². The molecule has 376 valence electrons. The van der Waals surface area contributed by atoms with Crippen LogP contribution in [-0.2, 0) is 14.3 Å². The van der Waals surface area contributed by atoms with Crippen molar-refractivity contribution in [2.45, 2.75) is 341 Å². The van der Waals surface area contributed by atoms with Crippen molar-refractivity contribution in [3.63, 3.8) is 0 Å². The number of nitrogens with one attached hydrogen (secondary N) is 1. The van der Waals surface area contributed by atoms with Crippen LogP contribution in [0.15, 0.2) is 0 Å². The summed E-state index contributed by atoms with van der Waals surface area (Å²) in [7, 11) is 0. The van der Waals surface area contributed by atoms with Crippen LogP contribution in [0.25, 0.3) is 0 Å². The van der Waals surface area contributed by atoms with Gasteiger partial charge in [-0.25, -0.2) is 0 Å². The quantitative estimate of drug-likeness (QED) is 0.0418. The Hall–Kier alpha value is -1.14. The molecular weight excluding hydrogens is 779 g/mol. The largest absolute Gasteiger partial charge is 0.466 e. The van der Waals surface area contributed by atoms with Crippen LogP contribution in [0.5, 0.6) is 0 Å². The smallest absolute Gasteiger partial charge is 0.305 e. The van der Waals surface area contributed by atoms with Crippen molar-refractivity contribution in [1.29, 1.82) is 0 Å². The lowest BCUT2D eigenvalue weighted by Gasteiger charge is -2.22. The molecule has 0 aromatic carbocycles. The Kier molecular flexibility index (Phi) is 52.5. The van der Waals surface area contributed by atoms with Gasteiger partial charge in [-0.15, -0.1) is 0 Å². The fourth-order valence-corrected chi connectivity index (χ4v) is 9.23. The Labute approximate surface area is 394 Å². The molecule has 0 bridgehead atoms. The molecule has 2 unspecified atom stereocenters. The molecule has 0 aliphatic rings. The van der Waals surface area contributed by atoms with Crippen LogP contribution in [-0.4, -0.2) is 47.4 Å². The van der Waals surface area contributed by atoms with E-state index >= 15 is 0 Å². The van der Waals surface area contributed by atoms with Crippen molar-refractivity contribution >= 4 is 11.9 Å². The summed E-state index contributed by atoms with van der Waals surface area (Å²) in [6, 6.07) is -0.547. The summed E-state index contributed by atoms with van der Waals surface area (Å²) in [4.78, 5) is 24.5. The van der Waals surface area contributed by atoms with Crippen LogP contribution >= 0.6 is 0 Å². The average molecular weight is 893 g/mol. The predicted molar refractivity (Wildman–Crippen MR) is 274 cm³/mol. The molecule has 0 saturated heterocycles. The lowest BCUT2D eigenvalue weighted by Crippen LogP contribution is -2.45. The predicted octanol–water partition coefficient (Wildman–Crippen LogP) is 17.5. The second-order valence-corrected chi connectivity index (χ2v) is 20.0. The van der Waals surface area contributed by atoms with Gasteiger partial charge < -0.3 is 20.3 Å². The third-order valence-corrected chi connectivity index (χ3v) is 13.7. The molecule has 3 N–H and O–H groups in total. The summed E-state index contributed by atoms with van der Waals surface area (Å²) in [6.45, 7) is 4.96. The minimum atomic E-state index is -0.669. The van der Waals surface area contributed by atoms with E-state index in [1.807, 2.05) is 0 Å². The first-order chi connectivity index (χ1) is 31.0. The molecule has 0 aliphatic heterocycles. The maximum Gasteiger partial charge on any atom is 0.305 e. The van der Waals surface area contributed by atoms with Gasteiger partial charge in [0.1, 0.15) is 0 Å². The van der Waals surface area contributed by atoms with Gasteiger partial charge in [0.15, 0.2) is 0 Å². The van der Waals surface area contributed by atoms with E-state index < -0.39 is 12.1 Å². The Balaban J connectivity index is 3.39. The number of carbonyl (C=O) groups excluding carboxylic acids is 2. The molecule has 6 nitrogen and oxygen atoms in total. The third kappa shape index (κ3) is 50.1. The first kappa shape index (κ1) is 61.9. The highest BCUT2D eigenvalue weighted by atomic mass is 16.5. The van der Waals surface area contributed by atoms with Gasteiger partial charge in [0.25, 0.3) is 0 Å². The molecule has 0 rings (SSSR count). The molecule has 0 aliphatic carbocycles. The highest BCUT2D eigenvalue weighted by Gasteiger charge is 2.20. The third-order valence-electron chi connectivity index (χ3n) is 13.7. The fraction of sp³-hybridized carbons (Fsp3) is 0.965. The molecule has 0 spiro atoms. The lowest BCUT2D eigenvalue weighted by atomic mass is 10.0. The first-order valence-electron chi connectivity index (χ1n) is 28.8. The van der Waals surface area contributed by atoms with E-state index in [-0.39, 0.29) is 18.5 Å². The lowest BCUT2D eigenvalue weighted by molar-refractivity contribution is -0.143. The summed E-state index contributed by atoms with van der Waals surface area (Å²) in [5.74, 6) is -0.0398. The summed E-state index contributed by atoms with van der Waals surface area (Å²) >= 11 is 0. The topological polar surface area (TPSA) is 95.9 Å². The average Bonchev–Trinajstić information content (AvgIpc) is 3.28. The van der Waals surface area contributed by atoms with Crippen molar-refractivity contribution in [1.82, 2.24) is 5.32 Å². The molecule has 6 heteroatoms. The molecule has 0 aromatic rings. The monoisotopic (exact) mass is 892 g/mol. The number of hydrogen-bond acceptors (Lipinski definition) is 5. The van der Waals surface area contributed by atoms with E-state index in [2.05, 4.69) is 19.2 Å². The van der Waals surface area contributed by atoms with Gasteiger partial charge in [0, 0.05) is 12.8 Å². The van der Waals surface area contributed by atoms with Gasteiger partial charge in [-0.1, -0.05) is 290 Å². The number of hydrogen-bond donors (Lipinski definition) is 3. The van der Waals surface area contributed by atoms with E-state index in [9.17, 15) is 19.8 Å². The molecule has 63 heavy (non-hydrogen) atoms. The molecular formula is C57H113NO5. The van der Waals surface area contributed by atoms with Crippen LogP contribution in [0.1, 0.15) is 328 Å². The van der Waals surface area contributed by atoms with Crippen molar-refractivity contribution in [3.05, 3.63) is 0 Å². The summed E-state index contributed by atoms with van der Waals surface area (Å²) in [5.41, 5.74) is 0. The van der Waals surface area contributed by atoms with E-state index in [0.717, 1.165) is 51.4 Å². The molecule has 0 aromatic heterocycles. The minimum absolute atomic E-state index is 0.00314. The zero-order valence-electron chi connectivity index (χ0n) is 42.8. The molecule has 0 radical (unpaired) electrons. The SMILES string of the molecule is CCCCCCCCCCCCCCCCCCCCC(=O)OCCCCCCCCCCCCCCCCC(=O)NC(CO)C(O)CCCCCCCCCCCCCCCC. The van der Waals surface area contributed by atoms with Crippen molar-refractivity contribution < 1.29 is 24.5 Å². The second-order valence-electron chi connectivity index (χ2n) is 20.0. The van der Waals surface area contributed by atoms with Gasteiger partial charge in [-0.2, -0.15) is 0 Å². The number of carbonyl (C=O) groups is 2. The summed E-state index contributed by atoms with van der Waals surface area (Å²) in [5, 5.41) is 23.2. The van der Waals surface area contributed by atoms with Gasteiger partial charge in [0.2, 0.25) is 5.91 Å². The molecule has 0 saturated carbocycles. The minimum Gasteiger partial charge on any atom is -0.466 e. The molecule has 2 atom stereocenters. The van der Waals surface area contributed by atoms with Gasteiger partial charge >= 0.3 is 5.97 Å². The van der Waals surface area contributed by atoms with Crippen LogP contribution in [0.3, 0.4) is 0 Å². The van der Waals surface area contributed by atoms with Gasteiger partial charge in [-0.3, -0.25) is 9.59 Å². The number of rotatable bonds is 54. The maximum atomic E-state index is 12.5. The number of ether oxygens (including phenoxy) is 1. The van der Waals surface area contributed by atoms with Crippen molar-refractivity contribution in [2.75, 3.05) is 13.2 Å². The molecule has 0 heterocycles. The number of aliphatic hydroxyl groups excluding tert-OH is 2. The Morgan fingerprint density at radius 1 is 0.381 bits per heavy atom. The van der Waals surface area contributed by atoms with E-state index in [1.54, 1.807) is 0 Å². The number of esters is 1. The Morgan fingerprint density at radius 3 is 0.968 bits per heavy atom. The normalized spacial score (nSPS) is 12.5. The molecule has 1 amide bonds. The zero-order valence-corrected chi connectivity index (χ0v) is 42.8. The van der Waals surface area contributed by atoms with Crippen molar-refractivity contribution in [2.24, 2.45) is 0 Å². The summed E-state index contributed by atoms with van der Waals surface area (Å²) < 4.78 is 5.49. The fourth-order valence-electron chi connectivity index (χ4n) is 9.23. The number of unbranched alkanes of at least 4 members (excludes halogenated alkanes) is 43. The van der Waals surface area contributed by atoms with Crippen LogP contribution in [0, 0.1) is 0 Å². The van der Waals surface area contributed by atoms with Gasteiger partial charge in [-0.05, 0) is 25.7 Å². The highest BCUT2D eigenvalue weighted by Crippen LogP contribution is 2.18. The second kappa shape index (κ2) is 53.5. The summed E-state index contributed by atoms with van der Waals surface area (Å²) in [6.07, 6.45) is 60.9. The molecule has 0 fully saturated rings. The van der Waals surface area contributed by atoms with Gasteiger partial charge in [0.05, 0.1) is 25.4 Å². The van der Waals surface area contributed by atoms with Crippen molar-refractivity contribution in [3.8, 4) is 0 Å². The van der Waals surface area contributed by atoms with E-state index in [4.69, 9.17) is 4.74 Å². The van der Waals surface area contributed by atoms with Crippen LogP contribution < -0.4 is 5.32 Å². The van der Waals surface area contributed by atoms with E-state index in [0.29, 0.717) is 25.9 Å². The zero-order chi connectivity index (χ0) is 45.8. The van der Waals surface area contributed by atoms with Crippen LogP contribution in [0.4, 0.5) is 0 Å². The maximum absolute atomic E-state index is 12.5. The Morgan fingerprint density at radius 2 is 0.651 bits per heavy atom. The van der Waals surface area contributed by atoms with E-state index in [1.165, 1.54) is 244 Å².